The zero-order chi connectivity index (χ0) is 20.8. The summed E-state index contributed by atoms with van der Waals surface area (Å²) in [6.45, 7) is 3.04. The highest BCUT2D eigenvalue weighted by atomic mass is 35.5. The van der Waals surface area contributed by atoms with Gasteiger partial charge in [-0.1, -0.05) is 35.3 Å². The molecular formula is C19H19Cl2N3O4. The molecule has 0 aliphatic carbocycles. The summed E-state index contributed by atoms with van der Waals surface area (Å²) in [6, 6.07) is 6.90. The third kappa shape index (κ3) is 4.99. The maximum atomic E-state index is 12.7. The average molecular weight is 424 g/mol. The second-order valence-electron chi connectivity index (χ2n) is 5.81. The molecule has 0 fully saturated rings. The number of benzene rings is 2. The standard InChI is InChI=1S/C19H19Cl2N3O4/c1-10-6-5-7-13(20)16(10)23-24-17(11(2)25)19(26)22-18-14(21)8-12(27-3)9-15(18)28-4/h5-9,17H,1-4H3,(H,22,26). The maximum Gasteiger partial charge on any atom is 0.258 e. The normalized spacial score (nSPS) is 11.9. The molecule has 28 heavy (non-hydrogen) atoms. The van der Waals surface area contributed by atoms with Gasteiger partial charge in [-0.05, 0) is 25.5 Å². The van der Waals surface area contributed by atoms with E-state index in [9.17, 15) is 9.59 Å². The lowest BCUT2D eigenvalue weighted by atomic mass is 10.2. The molecule has 0 radical (unpaired) electrons. The van der Waals surface area contributed by atoms with Crippen LogP contribution in [0.3, 0.4) is 0 Å². The van der Waals surface area contributed by atoms with Crippen molar-refractivity contribution in [1.82, 2.24) is 0 Å². The summed E-state index contributed by atoms with van der Waals surface area (Å²) < 4.78 is 10.4. The Hall–Kier alpha value is -2.64. The molecule has 0 saturated carbocycles. The van der Waals surface area contributed by atoms with E-state index in [4.69, 9.17) is 32.7 Å². The van der Waals surface area contributed by atoms with Gasteiger partial charge >= 0.3 is 0 Å². The molecule has 1 atom stereocenters. The number of Topliss-reactive ketones (excluding diaryl/α,β-unsaturated/α-hetero) is 1. The molecule has 2 aromatic carbocycles. The van der Waals surface area contributed by atoms with E-state index in [0.717, 1.165) is 5.56 Å². The molecule has 0 heterocycles. The summed E-state index contributed by atoms with van der Waals surface area (Å²) in [6.07, 6.45) is 0. The highest BCUT2D eigenvalue weighted by molar-refractivity contribution is 6.34. The fourth-order valence-electron chi connectivity index (χ4n) is 2.33. The molecule has 9 heteroatoms. The summed E-state index contributed by atoms with van der Waals surface area (Å²) in [7, 11) is 2.90. The van der Waals surface area contributed by atoms with Crippen molar-refractivity contribution in [2.24, 2.45) is 10.2 Å². The number of hydrogen-bond acceptors (Lipinski definition) is 6. The predicted molar refractivity (Wildman–Crippen MR) is 108 cm³/mol. The Balaban J connectivity index is 2.32. The highest BCUT2D eigenvalue weighted by Gasteiger charge is 2.25. The molecular weight excluding hydrogens is 405 g/mol. The average Bonchev–Trinajstić information content (AvgIpc) is 2.65. The van der Waals surface area contributed by atoms with Crippen molar-refractivity contribution in [3.8, 4) is 11.5 Å². The first-order valence-electron chi connectivity index (χ1n) is 8.17. The molecule has 148 valence electrons. The van der Waals surface area contributed by atoms with Crippen LogP contribution in [-0.2, 0) is 9.59 Å². The fraction of sp³-hybridized carbons (Fsp3) is 0.263. The van der Waals surface area contributed by atoms with E-state index in [1.165, 1.54) is 27.2 Å². The lowest BCUT2D eigenvalue weighted by Crippen LogP contribution is -2.32. The zero-order valence-corrected chi connectivity index (χ0v) is 17.3. The van der Waals surface area contributed by atoms with Gasteiger partial charge in [0.05, 0.1) is 24.3 Å². The number of amides is 1. The van der Waals surface area contributed by atoms with Crippen LogP contribution in [0.5, 0.6) is 11.5 Å². The van der Waals surface area contributed by atoms with Crippen LogP contribution >= 0.6 is 23.2 Å². The Bertz CT molecular complexity index is 911. The van der Waals surface area contributed by atoms with Crippen molar-refractivity contribution in [1.29, 1.82) is 0 Å². The minimum atomic E-state index is -1.38. The van der Waals surface area contributed by atoms with Gasteiger partial charge in [0.2, 0.25) is 6.04 Å². The monoisotopic (exact) mass is 423 g/mol. The van der Waals surface area contributed by atoms with Crippen LogP contribution < -0.4 is 14.8 Å². The van der Waals surface area contributed by atoms with E-state index in [2.05, 4.69) is 15.5 Å². The lowest BCUT2D eigenvalue weighted by molar-refractivity contribution is -0.126. The third-order valence-corrected chi connectivity index (χ3v) is 4.43. The molecule has 1 N–H and O–H groups in total. The smallest absolute Gasteiger partial charge is 0.258 e. The molecule has 0 aliphatic heterocycles. The quantitative estimate of drug-likeness (QED) is 0.501. The van der Waals surface area contributed by atoms with Gasteiger partial charge < -0.3 is 14.8 Å². The van der Waals surface area contributed by atoms with Gasteiger partial charge in [0.25, 0.3) is 5.91 Å². The molecule has 0 spiro atoms. The van der Waals surface area contributed by atoms with Gasteiger partial charge in [-0.15, -0.1) is 0 Å². The van der Waals surface area contributed by atoms with Crippen molar-refractivity contribution < 1.29 is 19.1 Å². The first-order chi connectivity index (χ1) is 13.3. The molecule has 2 rings (SSSR count). The van der Waals surface area contributed by atoms with E-state index in [0.29, 0.717) is 16.5 Å². The second-order valence-corrected chi connectivity index (χ2v) is 6.62. The van der Waals surface area contributed by atoms with E-state index < -0.39 is 17.7 Å². The first-order valence-corrected chi connectivity index (χ1v) is 8.92. The largest absolute Gasteiger partial charge is 0.497 e. The van der Waals surface area contributed by atoms with Crippen LogP contribution in [0, 0.1) is 6.92 Å². The van der Waals surface area contributed by atoms with Crippen LogP contribution in [0.2, 0.25) is 10.0 Å². The predicted octanol–water partition coefficient (Wildman–Crippen LogP) is 5.00. The SMILES string of the molecule is COc1cc(Cl)c(NC(=O)C(N=Nc2c(C)cccc2Cl)C(C)=O)c(OC)c1. The number of rotatable bonds is 7. The minimum Gasteiger partial charge on any atom is -0.497 e. The van der Waals surface area contributed by atoms with E-state index in [1.54, 1.807) is 31.2 Å². The van der Waals surface area contributed by atoms with Crippen LogP contribution in [0.1, 0.15) is 12.5 Å². The molecule has 0 saturated heterocycles. The number of carbonyl (C=O) groups excluding carboxylic acids is 2. The molecule has 1 amide bonds. The summed E-state index contributed by atoms with van der Waals surface area (Å²) in [5.41, 5.74) is 1.35. The number of carbonyl (C=O) groups is 2. The summed E-state index contributed by atoms with van der Waals surface area (Å²) in [4.78, 5) is 24.6. The number of hydrogen-bond donors (Lipinski definition) is 1. The number of ketones is 1. The van der Waals surface area contributed by atoms with Gasteiger partial charge in [-0.25, -0.2) is 0 Å². The fourth-order valence-corrected chi connectivity index (χ4v) is 2.84. The summed E-state index contributed by atoms with van der Waals surface area (Å²) in [5.74, 6) is -0.461. The Morgan fingerprint density at radius 1 is 1.11 bits per heavy atom. The Kier molecular flexibility index (Phi) is 7.37. The third-order valence-electron chi connectivity index (χ3n) is 3.83. The number of halogens is 2. The Labute approximate surface area is 172 Å². The van der Waals surface area contributed by atoms with Gasteiger partial charge in [0, 0.05) is 12.1 Å². The number of anilines is 1. The van der Waals surface area contributed by atoms with Crippen LogP contribution in [0.25, 0.3) is 0 Å². The van der Waals surface area contributed by atoms with Gasteiger partial charge in [-0.2, -0.15) is 10.2 Å². The number of ether oxygens (including phenoxy) is 2. The number of azo groups is 1. The molecule has 1 unspecified atom stereocenters. The van der Waals surface area contributed by atoms with Crippen molar-refractivity contribution in [3.63, 3.8) is 0 Å². The van der Waals surface area contributed by atoms with Gasteiger partial charge in [-0.3, -0.25) is 9.59 Å². The number of nitrogens with one attached hydrogen (secondary N) is 1. The van der Waals surface area contributed by atoms with Crippen LogP contribution in [0.15, 0.2) is 40.6 Å². The minimum absolute atomic E-state index is 0.186. The number of aryl methyl sites for hydroxylation is 1. The van der Waals surface area contributed by atoms with Gasteiger partial charge in [0.15, 0.2) is 5.78 Å². The summed E-state index contributed by atoms with van der Waals surface area (Å²) >= 11 is 12.3. The van der Waals surface area contributed by atoms with Crippen LogP contribution in [-0.4, -0.2) is 32.0 Å². The summed E-state index contributed by atoms with van der Waals surface area (Å²) in [5, 5.41) is 11.0. The lowest BCUT2D eigenvalue weighted by Gasteiger charge is -2.15. The van der Waals surface area contributed by atoms with Crippen molar-refractivity contribution in [2.45, 2.75) is 19.9 Å². The van der Waals surface area contributed by atoms with E-state index in [1.807, 2.05) is 0 Å². The van der Waals surface area contributed by atoms with Crippen molar-refractivity contribution in [2.75, 3.05) is 19.5 Å². The van der Waals surface area contributed by atoms with Crippen molar-refractivity contribution >= 4 is 46.3 Å². The van der Waals surface area contributed by atoms with E-state index in [-0.39, 0.29) is 16.5 Å². The van der Waals surface area contributed by atoms with Crippen LogP contribution in [0.4, 0.5) is 11.4 Å². The molecule has 0 bridgehead atoms. The zero-order valence-electron chi connectivity index (χ0n) is 15.7. The second kappa shape index (κ2) is 9.52. The highest BCUT2D eigenvalue weighted by Crippen LogP contribution is 2.37. The molecule has 7 nitrogen and oxygen atoms in total. The Morgan fingerprint density at radius 3 is 2.39 bits per heavy atom. The molecule has 2 aromatic rings. The van der Waals surface area contributed by atoms with Gasteiger partial charge in [0.1, 0.15) is 22.9 Å². The topological polar surface area (TPSA) is 89.4 Å². The number of methoxy groups -OCH3 is 2. The first kappa shape index (κ1) is 21.7. The number of nitrogens with zero attached hydrogens (tertiary/aromatic N) is 2. The Morgan fingerprint density at radius 2 is 1.82 bits per heavy atom. The van der Waals surface area contributed by atoms with Crippen molar-refractivity contribution in [3.05, 3.63) is 45.9 Å². The maximum absolute atomic E-state index is 12.7. The molecule has 0 aliphatic rings. The molecule has 0 aromatic heterocycles. The van der Waals surface area contributed by atoms with E-state index >= 15 is 0 Å².